The maximum atomic E-state index is 5.36. The Morgan fingerprint density at radius 1 is 1.14 bits per heavy atom. The number of aromatic nitrogens is 1. The molecule has 0 radical (unpaired) electrons. The van der Waals surface area contributed by atoms with Crippen LogP contribution in [-0.4, -0.2) is 18.6 Å². The van der Waals surface area contributed by atoms with Crippen molar-refractivity contribution in [3.05, 3.63) is 59.9 Å². The topological polar surface area (TPSA) is 34.1 Å². The Balaban J connectivity index is 2.28. The van der Waals surface area contributed by atoms with E-state index in [0.29, 0.717) is 5.92 Å². The highest BCUT2D eigenvalue weighted by Gasteiger charge is 2.20. The molecule has 1 aromatic carbocycles. The van der Waals surface area contributed by atoms with E-state index >= 15 is 0 Å². The average Bonchev–Trinajstić information content (AvgIpc) is 2.56. The van der Waals surface area contributed by atoms with Gasteiger partial charge in [0.15, 0.2) is 0 Å². The zero-order valence-electron chi connectivity index (χ0n) is 13.0. The molecule has 1 heterocycles. The summed E-state index contributed by atoms with van der Waals surface area (Å²) in [7, 11) is 1.71. The fourth-order valence-electron chi connectivity index (χ4n) is 2.58. The second kappa shape index (κ2) is 7.79. The first-order valence-electron chi connectivity index (χ1n) is 7.53. The molecular formula is C18H24N2O. The van der Waals surface area contributed by atoms with Crippen LogP contribution in [0.25, 0.3) is 0 Å². The summed E-state index contributed by atoms with van der Waals surface area (Å²) in [6, 6.07) is 12.8. The molecule has 0 saturated heterocycles. The van der Waals surface area contributed by atoms with Crippen molar-refractivity contribution >= 4 is 0 Å². The van der Waals surface area contributed by atoms with E-state index in [-0.39, 0.29) is 6.04 Å². The fourth-order valence-corrected chi connectivity index (χ4v) is 2.58. The molecule has 0 fully saturated rings. The van der Waals surface area contributed by atoms with Gasteiger partial charge in [0.05, 0.1) is 7.11 Å². The number of nitrogens with one attached hydrogen (secondary N) is 1. The summed E-state index contributed by atoms with van der Waals surface area (Å²) in [5, 5.41) is 3.66. The maximum absolute atomic E-state index is 5.36. The minimum atomic E-state index is 0.266. The molecule has 2 aromatic rings. The van der Waals surface area contributed by atoms with E-state index in [0.717, 1.165) is 18.7 Å². The Morgan fingerprint density at radius 3 is 2.57 bits per heavy atom. The Bertz CT molecular complexity index is 542. The van der Waals surface area contributed by atoms with Gasteiger partial charge >= 0.3 is 0 Å². The summed E-state index contributed by atoms with van der Waals surface area (Å²) in [5.74, 6) is 1.27. The highest BCUT2D eigenvalue weighted by Crippen LogP contribution is 2.31. The number of ether oxygens (including phenoxy) is 1. The predicted molar refractivity (Wildman–Crippen MR) is 86.7 cm³/mol. The van der Waals surface area contributed by atoms with Crippen molar-refractivity contribution in [2.75, 3.05) is 13.7 Å². The van der Waals surface area contributed by atoms with E-state index in [1.807, 2.05) is 24.5 Å². The van der Waals surface area contributed by atoms with Crippen molar-refractivity contribution in [3.63, 3.8) is 0 Å². The van der Waals surface area contributed by atoms with Gasteiger partial charge in [-0.25, -0.2) is 0 Å². The molecule has 2 rings (SSSR count). The van der Waals surface area contributed by atoms with Gasteiger partial charge in [-0.1, -0.05) is 26.0 Å². The number of hydrogen-bond acceptors (Lipinski definition) is 3. The second-order valence-electron chi connectivity index (χ2n) is 5.28. The standard InChI is InChI=1S/C18H24N2O/c1-4-10-20-18(14(2)15-8-11-19-12-9-15)16-6-5-7-17(13-16)21-3/h5-9,11-14,18,20H,4,10H2,1-3H3. The average molecular weight is 284 g/mol. The number of rotatable bonds is 7. The zero-order chi connectivity index (χ0) is 15.1. The summed E-state index contributed by atoms with van der Waals surface area (Å²) in [6.45, 7) is 5.44. The van der Waals surface area contributed by atoms with Crippen LogP contribution in [0.3, 0.4) is 0 Å². The Labute approximate surface area is 127 Å². The van der Waals surface area contributed by atoms with E-state index < -0.39 is 0 Å². The fraction of sp³-hybridized carbons (Fsp3) is 0.389. The molecule has 0 aliphatic carbocycles. The van der Waals surface area contributed by atoms with Gasteiger partial charge < -0.3 is 10.1 Å². The first kappa shape index (κ1) is 15.5. The molecule has 2 atom stereocenters. The van der Waals surface area contributed by atoms with Crippen molar-refractivity contribution in [1.82, 2.24) is 10.3 Å². The minimum absolute atomic E-state index is 0.266. The molecule has 112 valence electrons. The van der Waals surface area contributed by atoms with Crippen LogP contribution in [0.15, 0.2) is 48.8 Å². The quantitative estimate of drug-likeness (QED) is 0.836. The lowest BCUT2D eigenvalue weighted by atomic mass is 9.89. The van der Waals surface area contributed by atoms with E-state index in [9.17, 15) is 0 Å². The smallest absolute Gasteiger partial charge is 0.119 e. The lowest BCUT2D eigenvalue weighted by Gasteiger charge is -2.26. The second-order valence-corrected chi connectivity index (χ2v) is 5.28. The Morgan fingerprint density at radius 2 is 1.90 bits per heavy atom. The van der Waals surface area contributed by atoms with E-state index in [4.69, 9.17) is 4.74 Å². The van der Waals surface area contributed by atoms with Crippen LogP contribution in [-0.2, 0) is 0 Å². The van der Waals surface area contributed by atoms with Gasteiger partial charge in [0.1, 0.15) is 5.75 Å². The molecule has 3 nitrogen and oxygen atoms in total. The van der Waals surface area contributed by atoms with Gasteiger partial charge in [-0.05, 0) is 48.4 Å². The van der Waals surface area contributed by atoms with Gasteiger partial charge in [0.25, 0.3) is 0 Å². The Hall–Kier alpha value is -1.87. The summed E-state index contributed by atoms with van der Waals surface area (Å²) in [6.07, 6.45) is 4.83. The third kappa shape index (κ3) is 4.05. The molecule has 21 heavy (non-hydrogen) atoms. The van der Waals surface area contributed by atoms with Gasteiger partial charge in [0, 0.05) is 24.4 Å². The van der Waals surface area contributed by atoms with Crippen LogP contribution in [0.4, 0.5) is 0 Å². The highest BCUT2D eigenvalue weighted by molar-refractivity contribution is 5.33. The number of methoxy groups -OCH3 is 1. The maximum Gasteiger partial charge on any atom is 0.119 e. The van der Waals surface area contributed by atoms with Crippen LogP contribution < -0.4 is 10.1 Å². The first-order valence-corrected chi connectivity index (χ1v) is 7.53. The number of benzene rings is 1. The lowest BCUT2D eigenvalue weighted by Crippen LogP contribution is -2.26. The number of pyridine rings is 1. The summed E-state index contributed by atoms with van der Waals surface area (Å²) >= 11 is 0. The van der Waals surface area contributed by atoms with Gasteiger partial charge in [-0.15, -0.1) is 0 Å². The number of nitrogens with zero attached hydrogens (tertiary/aromatic N) is 1. The molecule has 1 aromatic heterocycles. The predicted octanol–water partition coefficient (Wildman–Crippen LogP) is 3.93. The molecule has 2 unspecified atom stereocenters. The van der Waals surface area contributed by atoms with Crippen molar-refractivity contribution < 1.29 is 4.74 Å². The molecule has 3 heteroatoms. The van der Waals surface area contributed by atoms with Gasteiger partial charge in [-0.2, -0.15) is 0 Å². The van der Waals surface area contributed by atoms with Gasteiger partial charge in [-0.3, -0.25) is 4.98 Å². The van der Waals surface area contributed by atoms with E-state index in [1.165, 1.54) is 11.1 Å². The van der Waals surface area contributed by atoms with Crippen molar-refractivity contribution in [2.45, 2.75) is 32.2 Å². The summed E-state index contributed by atoms with van der Waals surface area (Å²) in [4.78, 5) is 4.11. The van der Waals surface area contributed by atoms with Crippen molar-refractivity contribution in [3.8, 4) is 5.75 Å². The molecule has 0 bridgehead atoms. The monoisotopic (exact) mass is 284 g/mol. The van der Waals surface area contributed by atoms with E-state index in [1.54, 1.807) is 7.11 Å². The molecule has 0 spiro atoms. The third-order valence-electron chi connectivity index (χ3n) is 3.80. The molecule has 0 saturated carbocycles. The normalized spacial score (nSPS) is 13.7. The molecule has 0 aliphatic heterocycles. The third-order valence-corrected chi connectivity index (χ3v) is 3.80. The van der Waals surface area contributed by atoms with Crippen LogP contribution in [0, 0.1) is 0 Å². The highest BCUT2D eigenvalue weighted by atomic mass is 16.5. The van der Waals surface area contributed by atoms with Gasteiger partial charge in [0.2, 0.25) is 0 Å². The first-order chi connectivity index (χ1) is 10.3. The van der Waals surface area contributed by atoms with Crippen LogP contribution in [0.2, 0.25) is 0 Å². The minimum Gasteiger partial charge on any atom is -0.497 e. The van der Waals surface area contributed by atoms with Crippen molar-refractivity contribution in [1.29, 1.82) is 0 Å². The van der Waals surface area contributed by atoms with Crippen LogP contribution >= 0.6 is 0 Å². The molecule has 1 N–H and O–H groups in total. The van der Waals surface area contributed by atoms with Crippen LogP contribution in [0.1, 0.15) is 43.4 Å². The molecule has 0 amide bonds. The Kier molecular flexibility index (Phi) is 5.76. The van der Waals surface area contributed by atoms with E-state index in [2.05, 4.69) is 48.4 Å². The molecular weight excluding hydrogens is 260 g/mol. The van der Waals surface area contributed by atoms with Crippen LogP contribution in [0.5, 0.6) is 5.75 Å². The molecule has 0 aliphatic rings. The lowest BCUT2D eigenvalue weighted by molar-refractivity contribution is 0.410. The SMILES string of the molecule is CCCNC(c1cccc(OC)c1)C(C)c1ccncc1. The zero-order valence-corrected chi connectivity index (χ0v) is 13.0. The summed E-state index contributed by atoms with van der Waals surface area (Å²) in [5.41, 5.74) is 2.55. The van der Waals surface area contributed by atoms with Crippen molar-refractivity contribution in [2.24, 2.45) is 0 Å². The largest absolute Gasteiger partial charge is 0.497 e. The number of hydrogen-bond donors (Lipinski definition) is 1. The summed E-state index contributed by atoms with van der Waals surface area (Å²) < 4.78 is 5.36.